The molecule has 17 heavy (non-hydrogen) atoms. The molecular weight excluding hydrogens is 218 g/mol. The highest BCUT2D eigenvalue weighted by atomic mass is 16.5. The van der Waals surface area contributed by atoms with E-state index < -0.39 is 6.10 Å². The van der Waals surface area contributed by atoms with Crippen LogP contribution in [0.5, 0.6) is 11.5 Å². The largest absolute Gasteiger partial charge is 0.493 e. The average Bonchev–Trinajstić information content (AvgIpc) is 2.36. The molecule has 1 amide bonds. The Kier molecular flexibility index (Phi) is 5.33. The van der Waals surface area contributed by atoms with Crippen molar-refractivity contribution < 1.29 is 14.3 Å². The van der Waals surface area contributed by atoms with Crippen molar-refractivity contribution in [1.82, 2.24) is 5.32 Å². The lowest BCUT2D eigenvalue weighted by atomic mass is 10.2. The number of para-hydroxylation sites is 2. The van der Waals surface area contributed by atoms with Gasteiger partial charge in [-0.2, -0.15) is 0 Å². The molecule has 0 aliphatic rings. The van der Waals surface area contributed by atoms with Crippen molar-refractivity contribution in [3.63, 3.8) is 0 Å². The summed E-state index contributed by atoms with van der Waals surface area (Å²) in [5.74, 6) is 1.13. The first-order valence-electron chi connectivity index (χ1n) is 5.80. The number of hydrogen-bond donors (Lipinski definition) is 1. The van der Waals surface area contributed by atoms with Gasteiger partial charge in [0.1, 0.15) is 0 Å². The van der Waals surface area contributed by atoms with Gasteiger partial charge in [-0.1, -0.05) is 19.1 Å². The molecule has 0 aromatic heterocycles. The molecule has 1 atom stereocenters. The minimum absolute atomic E-state index is 0.0964. The molecule has 0 bridgehead atoms. The summed E-state index contributed by atoms with van der Waals surface area (Å²) in [6.07, 6.45) is 0.135. The van der Waals surface area contributed by atoms with Crippen molar-refractivity contribution in [2.75, 3.05) is 13.7 Å². The van der Waals surface area contributed by atoms with Gasteiger partial charge in [0.05, 0.1) is 7.11 Å². The minimum Gasteiger partial charge on any atom is -0.493 e. The fourth-order valence-electron chi connectivity index (χ4n) is 1.48. The number of nitrogens with one attached hydrogen (secondary N) is 1. The number of carbonyl (C=O) groups excluding carboxylic acids is 1. The van der Waals surface area contributed by atoms with E-state index in [1.807, 2.05) is 26.0 Å². The lowest BCUT2D eigenvalue weighted by Crippen LogP contribution is -2.37. The van der Waals surface area contributed by atoms with E-state index in [2.05, 4.69) is 5.32 Å². The molecule has 0 heterocycles. The molecule has 0 aliphatic heterocycles. The summed E-state index contributed by atoms with van der Waals surface area (Å²) in [6, 6.07) is 7.31. The highest BCUT2D eigenvalue weighted by molar-refractivity contribution is 5.81. The maximum atomic E-state index is 11.7. The monoisotopic (exact) mass is 237 g/mol. The second kappa shape index (κ2) is 6.78. The van der Waals surface area contributed by atoms with E-state index in [9.17, 15) is 4.79 Å². The van der Waals surface area contributed by atoms with Crippen molar-refractivity contribution in [2.24, 2.45) is 0 Å². The number of carbonyl (C=O) groups is 1. The highest BCUT2D eigenvalue weighted by Gasteiger charge is 2.18. The van der Waals surface area contributed by atoms with Crippen molar-refractivity contribution in [1.29, 1.82) is 0 Å². The Bertz CT molecular complexity index is 365. The maximum Gasteiger partial charge on any atom is 0.261 e. The molecule has 0 fully saturated rings. The van der Waals surface area contributed by atoms with Crippen LogP contribution in [0.2, 0.25) is 0 Å². The van der Waals surface area contributed by atoms with E-state index in [1.165, 1.54) is 0 Å². The quantitative estimate of drug-likeness (QED) is 0.823. The maximum absolute atomic E-state index is 11.7. The molecule has 1 aromatic rings. The number of likely N-dealkylation sites (N-methyl/N-ethyl adjacent to an activating group) is 1. The zero-order valence-corrected chi connectivity index (χ0v) is 10.5. The fraction of sp³-hybridized carbons (Fsp3) is 0.462. The summed E-state index contributed by atoms with van der Waals surface area (Å²) in [5.41, 5.74) is 0. The zero-order valence-electron chi connectivity index (χ0n) is 10.5. The van der Waals surface area contributed by atoms with Gasteiger partial charge in [0.25, 0.3) is 5.91 Å². The van der Waals surface area contributed by atoms with Crippen LogP contribution in [-0.4, -0.2) is 25.7 Å². The van der Waals surface area contributed by atoms with Crippen LogP contribution in [-0.2, 0) is 4.79 Å². The van der Waals surface area contributed by atoms with Crippen molar-refractivity contribution >= 4 is 5.91 Å². The standard InChI is InChI=1S/C13H19NO3/c1-4-10(13(15)14-5-2)17-12-9-7-6-8-11(12)16-3/h6-10H,4-5H2,1-3H3,(H,14,15)/t10-/m0/s1. The van der Waals surface area contributed by atoms with E-state index in [4.69, 9.17) is 9.47 Å². The second-order valence-electron chi connectivity index (χ2n) is 3.56. The third kappa shape index (κ3) is 3.66. The second-order valence-corrected chi connectivity index (χ2v) is 3.56. The third-order valence-corrected chi connectivity index (χ3v) is 2.35. The first kappa shape index (κ1) is 13.4. The van der Waals surface area contributed by atoms with Crippen LogP contribution in [0, 0.1) is 0 Å². The summed E-state index contributed by atoms with van der Waals surface area (Å²) in [6.45, 7) is 4.40. The number of rotatable bonds is 6. The number of benzene rings is 1. The number of methoxy groups -OCH3 is 1. The van der Waals surface area contributed by atoms with Crippen molar-refractivity contribution in [2.45, 2.75) is 26.4 Å². The predicted molar refractivity (Wildman–Crippen MR) is 66.4 cm³/mol. The molecule has 1 rings (SSSR count). The Morgan fingerprint density at radius 2 is 1.94 bits per heavy atom. The molecule has 0 unspecified atom stereocenters. The first-order chi connectivity index (χ1) is 8.22. The molecule has 4 heteroatoms. The van der Waals surface area contributed by atoms with Gasteiger partial charge in [0.15, 0.2) is 17.6 Å². The van der Waals surface area contributed by atoms with Gasteiger partial charge in [0.2, 0.25) is 0 Å². The Morgan fingerprint density at radius 3 is 2.47 bits per heavy atom. The molecule has 0 saturated carbocycles. The van der Waals surface area contributed by atoms with Crippen LogP contribution in [0.25, 0.3) is 0 Å². The van der Waals surface area contributed by atoms with E-state index >= 15 is 0 Å². The molecule has 0 aliphatic carbocycles. The normalized spacial score (nSPS) is 11.7. The van der Waals surface area contributed by atoms with Crippen molar-refractivity contribution in [3.05, 3.63) is 24.3 Å². The Balaban J connectivity index is 2.76. The van der Waals surface area contributed by atoms with Crippen molar-refractivity contribution in [3.8, 4) is 11.5 Å². The molecule has 0 radical (unpaired) electrons. The lowest BCUT2D eigenvalue weighted by Gasteiger charge is -2.18. The number of amides is 1. The third-order valence-electron chi connectivity index (χ3n) is 2.35. The lowest BCUT2D eigenvalue weighted by molar-refractivity contribution is -0.128. The minimum atomic E-state index is -0.480. The Morgan fingerprint density at radius 1 is 1.29 bits per heavy atom. The van der Waals surface area contributed by atoms with Crippen LogP contribution in [0.4, 0.5) is 0 Å². The SMILES string of the molecule is CCNC(=O)[C@H](CC)Oc1ccccc1OC. The van der Waals surface area contributed by atoms with Crippen LogP contribution in [0.15, 0.2) is 24.3 Å². The molecule has 0 spiro atoms. The van der Waals surface area contributed by atoms with Gasteiger partial charge >= 0.3 is 0 Å². The van der Waals surface area contributed by atoms with Crippen LogP contribution < -0.4 is 14.8 Å². The van der Waals surface area contributed by atoms with Gasteiger partial charge < -0.3 is 14.8 Å². The number of hydrogen-bond acceptors (Lipinski definition) is 3. The zero-order chi connectivity index (χ0) is 12.7. The van der Waals surface area contributed by atoms with Gasteiger partial charge in [-0.05, 0) is 25.5 Å². The van der Waals surface area contributed by atoms with Gasteiger partial charge in [-0.15, -0.1) is 0 Å². The average molecular weight is 237 g/mol. The summed E-state index contributed by atoms with van der Waals surface area (Å²) in [7, 11) is 1.58. The predicted octanol–water partition coefficient (Wildman–Crippen LogP) is 1.99. The molecular formula is C13H19NO3. The number of ether oxygens (including phenoxy) is 2. The van der Waals surface area contributed by atoms with Gasteiger partial charge in [-0.3, -0.25) is 4.79 Å². The van der Waals surface area contributed by atoms with E-state index in [-0.39, 0.29) is 5.91 Å². The Hall–Kier alpha value is -1.71. The fourth-order valence-corrected chi connectivity index (χ4v) is 1.48. The summed E-state index contributed by atoms with van der Waals surface area (Å²) in [5, 5.41) is 2.75. The molecule has 1 N–H and O–H groups in total. The molecule has 4 nitrogen and oxygen atoms in total. The van der Waals surface area contributed by atoms with E-state index in [0.29, 0.717) is 24.5 Å². The molecule has 0 saturated heterocycles. The highest BCUT2D eigenvalue weighted by Crippen LogP contribution is 2.27. The topological polar surface area (TPSA) is 47.6 Å². The van der Waals surface area contributed by atoms with Crippen LogP contribution >= 0.6 is 0 Å². The Labute approximate surface area is 102 Å². The van der Waals surface area contributed by atoms with E-state index in [1.54, 1.807) is 19.2 Å². The van der Waals surface area contributed by atoms with Crippen LogP contribution in [0.1, 0.15) is 20.3 Å². The van der Waals surface area contributed by atoms with E-state index in [0.717, 1.165) is 0 Å². The first-order valence-corrected chi connectivity index (χ1v) is 5.80. The summed E-state index contributed by atoms with van der Waals surface area (Å²) >= 11 is 0. The molecule has 1 aromatic carbocycles. The summed E-state index contributed by atoms with van der Waals surface area (Å²) < 4.78 is 10.8. The molecule has 94 valence electrons. The van der Waals surface area contributed by atoms with Gasteiger partial charge in [-0.25, -0.2) is 0 Å². The van der Waals surface area contributed by atoms with Crippen LogP contribution in [0.3, 0.4) is 0 Å². The van der Waals surface area contributed by atoms with Gasteiger partial charge in [0, 0.05) is 6.54 Å². The summed E-state index contributed by atoms with van der Waals surface area (Å²) in [4.78, 5) is 11.7. The smallest absolute Gasteiger partial charge is 0.261 e.